The normalized spacial score (nSPS) is 12.1. The third-order valence-corrected chi connectivity index (χ3v) is 8.08. The number of esters is 1. The molecule has 232 valence electrons. The number of hydrogen-bond acceptors (Lipinski definition) is 3. The van der Waals surface area contributed by atoms with Gasteiger partial charge in [-0.2, -0.15) is 0 Å². The Hall–Kier alpha value is -1.06. The van der Waals surface area contributed by atoms with Gasteiger partial charge in [-0.25, -0.2) is 0 Å². The number of carbonyl (C=O) groups excluding carboxylic acids is 1. The number of carboxylic acid groups (broad SMARTS) is 1. The minimum Gasteiger partial charge on any atom is -0.481 e. The van der Waals surface area contributed by atoms with E-state index in [4.69, 9.17) is 9.84 Å². The summed E-state index contributed by atoms with van der Waals surface area (Å²) in [7, 11) is 0. The lowest BCUT2D eigenvalue weighted by atomic mass is 10.0. The summed E-state index contributed by atoms with van der Waals surface area (Å²) < 4.78 is 5.98. The summed E-state index contributed by atoms with van der Waals surface area (Å²) in [5.41, 5.74) is 0. The highest BCUT2D eigenvalue weighted by Crippen LogP contribution is 2.19. The van der Waals surface area contributed by atoms with Crippen LogP contribution in [0.2, 0.25) is 0 Å². The average molecular weight is 553 g/mol. The zero-order valence-corrected chi connectivity index (χ0v) is 26.5. The number of ether oxygens (including phenoxy) is 1. The van der Waals surface area contributed by atoms with Gasteiger partial charge < -0.3 is 9.84 Å². The van der Waals surface area contributed by atoms with Crippen molar-refractivity contribution >= 4 is 11.9 Å². The largest absolute Gasteiger partial charge is 0.481 e. The van der Waals surface area contributed by atoms with Crippen LogP contribution in [0.4, 0.5) is 0 Å². The van der Waals surface area contributed by atoms with E-state index in [0.29, 0.717) is 12.8 Å². The minimum atomic E-state index is -0.677. The van der Waals surface area contributed by atoms with Crippen molar-refractivity contribution in [2.75, 3.05) is 0 Å². The van der Waals surface area contributed by atoms with Gasteiger partial charge in [0.25, 0.3) is 0 Å². The van der Waals surface area contributed by atoms with Crippen LogP contribution in [0.5, 0.6) is 0 Å². The number of hydrogen-bond donors (Lipinski definition) is 1. The molecule has 1 atom stereocenters. The lowest BCUT2D eigenvalue weighted by molar-refractivity contribution is -0.150. The Kier molecular flexibility index (Phi) is 30.6. The predicted molar refractivity (Wildman–Crippen MR) is 167 cm³/mol. The van der Waals surface area contributed by atoms with E-state index in [1.165, 1.54) is 128 Å². The van der Waals surface area contributed by atoms with E-state index < -0.39 is 5.97 Å². The first kappa shape index (κ1) is 37.9. The van der Waals surface area contributed by atoms with Gasteiger partial charge in [0, 0.05) is 12.8 Å². The molecule has 0 spiro atoms. The summed E-state index contributed by atoms with van der Waals surface area (Å²) in [6, 6.07) is 0. The van der Waals surface area contributed by atoms with Gasteiger partial charge in [-0.1, -0.05) is 155 Å². The Labute approximate surface area is 243 Å². The first-order chi connectivity index (χ1) is 19.1. The van der Waals surface area contributed by atoms with Crippen molar-refractivity contribution in [3.63, 3.8) is 0 Å². The van der Waals surface area contributed by atoms with Crippen LogP contribution < -0.4 is 0 Å². The predicted octanol–water partition coefficient (Wildman–Crippen LogP) is 11.7. The molecule has 0 aliphatic carbocycles. The topological polar surface area (TPSA) is 63.6 Å². The molecule has 0 fully saturated rings. The van der Waals surface area contributed by atoms with Crippen molar-refractivity contribution in [1.29, 1.82) is 0 Å². The van der Waals surface area contributed by atoms with Crippen molar-refractivity contribution in [3.05, 3.63) is 0 Å². The highest BCUT2D eigenvalue weighted by atomic mass is 16.5. The van der Waals surface area contributed by atoms with Crippen LogP contribution in [0.1, 0.15) is 206 Å². The molecule has 0 rings (SSSR count). The molecule has 0 aromatic rings. The van der Waals surface area contributed by atoms with Crippen LogP contribution in [0, 0.1) is 0 Å². The summed E-state index contributed by atoms with van der Waals surface area (Å²) >= 11 is 0. The van der Waals surface area contributed by atoms with Crippen molar-refractivity contribution in [2.45, 2.75) is 213 Å². The highest BCUT2D eigenvalue weighted by Gasteiger charge is 2.14. The molecule has 4 nitrogen and oxygen atoms in total. The molecule has 0 aliphatic rings. The SMILES string of the molecule is CCCCCCCCCCCCCCC(=O)OC(CCCCCCC)CCCCCCCCCCCC(=O)O. The van der Waals surface area contributed by atoms with E-state index in [2.05, 4.69) is 13.8 Å². The van der Waals surface area contributed by atoms with E-state index >= 15 is 0 Å². The summed E-state index contributed by atoms with van der Waals surface area (Å²) in [6.45, 7) is 4.52. The molecule has 0 saturated heterocycles. The third kappa shape index (κ3) is 31.3. The average Bonchev–Trinajstić information content (AvgIpc) is 2.91. The van der Waals surface area contributed by atoms with E-state index in [-0.39, 0.29) is 12.1 Å². The number of aliphatic carboxylic acids is 1. The van der Waals surface area contributed by atoms with Crippen molar-refractivity contribution in [3.8, 4) is 0 Å². The number of carboxylic acids is 1. The van der Waals surface area contributed by atoms with Gasteiger partial charge in [0.2, 0.25) is 0 Å². The molecule has 39 heavy (non-hydrogen) atoms. The smallest absolute Gasteiger partial charge is 0.306 e. The van der Waals surface area contributed by atoms with Gasteiger partial charge in [-0.3, -0.25) is 9.59 Å². The lowest BCUT2D eigenvalue weighted by Gasteiger charge is -2.18. The molecule has 1 unspecified atom stereocenters. The lowest BCUT2D eigenvalue weighted by Crippen LogP contribution is -2.18. The molecular formula is C35H68O4. The molecule has 0 heterocycles. The van der Waals surface area contributed by atoms with Gasteiger partial charge in [0.15, 0.2) is 0 Å². The van der Waals surface area contributed by atoms with Crippen LogP contribution in [0.15, 0.2) is 0 Å². The van der Waals surface area contributed by atoms with Crippen LogP contribution in [-0.4, -0.2) is 23.1 Å². The molecule has 0 aromatic heterocycles. The zero-order chi connectivity index (χ0) is 28.7. The summed E-state index contributed by atoms with van der Waals surface area (Å²) in [4.78, 5) is 23.1. The molecule has 0 aliphatic heterocycles. The van der Waals surface area contributed by atoms with Gasteiger partial charge in [0.05, 0.1) is 0 Å². The molecule has 0 amide bonds. The Morgan fingerprint density at radius 1 is 0.462 bits per heavy atom. The quantitative estimate of drug-likeness (QED) is 0.0665. The van der Waals surface area contributed by atoms with Gasteiger partial charge >= 0.3 is 11.9 Å². The Balaban J connectivity index is 3.89. The van der Waals surface area contributed by atoms with Crippen LogP contribution in [0.3, 0.4) is 0 Å². The van der Waals surface area contributed by atoms with E-state index in [1.807, 2.05) is 0 Å². The van der Waals surface area contributed by atoms with Gasteiger partial charge in [-0.05, 0) is 38.5 Å². The standard InChI is InChI=1S/C35H68O4/c1-3-5-7-9-10-11-12-13-17-20-24-28-32-35(38)39-33(29-25-21-8-6-4-2)30-26-22-18-15-14-16-19-23-27-31-34(36)37/h33H,3-32H2,1-2H3,(H,36,37). The number of unbranched alkanes of at least 4 members (excludes halogenated alkanes) is 23. The van der Waals surface area contributed by atoms with Crippen LogP contribution in [0.25, 0.3) is 0 Å². The Morgan fingerprint density at radius 3 is 1.13 bits per heavy atom. The fourth-order valence-electron chi connectivity index (χ4n) is 5.48. The maximum Gasteiger partial charge on any atom is 0.306 e. The second kappa shape index (κ2) is 31.5. The van der Waals surface area contributed by atoms with E-state index in [9.17, 15) is 9.59 Å². The van der Waals surface area contributed by atoms with Crippen molar-refractivity contribution in [2.24, 2.45) is 0 Å². The van der Waals surface area contributed by atoms with Crippen molar-refractivity contribution < 1.29 is 19.4 Å². The number of rotatable bonds is 32. The maximum atomic E-state index is 12.5. The molecular weight excluding hydrogens is 484 g/mol. The van der Waals surface area contributed by atoms with Gasteiger partial charge in [0.1, 0.15) is 6.10 Å². The molecule has 0 saturated carbocycles. The van der Waals surface area contributed by atoms with E-state index in [0.717, 1.165) is 51.4 Å². The summed E-state index contributed by atoms with van der Waals surface area (Å²) in [6.07, 6.45) is 35.5. The highest BCUT2D eigenvalue weighted by molar-refractivity contribution is 5.69. The summed E-state index contributed by atoms with van der Waals surface area (Å²) in [5.74, 6) is -0.646. The van der Waals surface area contributed by atoms with Crippen LogP contribution in [-0.2, 0) is 14.3 Å². The zero-order valence-electron chi connectivity index (χ0n) is 26.5. The van der Waals surface area contributed by atoms with Gasteiger partial charge in [-0.15, -0.1) is 0 Å². The summed E-state index contributed by atoms with van der Waals surface area (Å²) in [5, 5.41) is 8.69. The fraction of sp³-hybridized carbons (Fsp3) is 0.943. The molecule has 0 aromatic carbocycles. The molecule has 4 heteroatoms. The molecule has 0 radical (unpaired) electrons. The third-order valence-electron chi connectivity index (χ3n) is 8.08. The number of carbonyl (C=O) groups is 2. The Bertz CT molecular complexity index is 519. The first-order valence-electron chi connectivity index (χ1n) is 17.5. The first-order valence-corrected chi connectivity index (χ1v) is 17.5. The minimum absolute atomic E-state index is 0.0311. The second-order valence-corrected chi connectivity index (χ2v) is 12.1. The van der Waals surface area contributed by atoms with E-state index in [1.54, 1.807) is 0 Å². The fourth-order valence-corrected chi connectivity index (χ4v) is 5.48. The monoisotopic (exact) mass is 553 g/mol. The Morgan fingerprint density at radius 2 is 0.769 bits per heavy atom. The molecule has 1 N–H and O–H groups in total. The van der Waals surface area contributed by atoms with Crippen molar-refractivity contribution in [1.82, 2.24) is 0 Å². The van der Waals surface area contributed by atoms with Crippen LogP contribution >= 0.6 is 0 Å². The molecule has 0 bridgehead atoms. The second-order valence-electron chi connectivity index (χ2n) is 12.1. The maximum absolute atomic E-state index is 12.5.